The number of aromatic nitrogens is 3. The third kappa shape index (κ3) is 5.19. The third-order valence-electron chi connectivity index (χ3n) is 9.84. The zero-order valence-electron chi connectivity index (χ0n) is 25.5. The molecule has 9 nitrogen and oxygen atoms in total. The lowest BCUT2D eigenvalue weighted by Gasteiger charge is -2.41. The first-order chi connectivity index (χ1) is 20.9. The van der Waals surface area contributed by atoms with E-state index in [1.807, 2.05) is 31.4 Å². The number of imidazole rings is 1. The van der Waals surface area contributed by atoms with Crippen LogP contribution in [0.3, 0.4) is 0 Å². The van der Waals surface area contributed by atoms with Gasteiger partial charge in [0.05, 0.1) is 34.7 Å². The molecule has 10 heteroatoms. The Morgan fingerprint density at radius 2 is 1.86 bits per heavy atom. The molecule has 2 fully saturated rings. The van der Waals surface area contributed by atoms with Crippen molar-refractivity contribution in [1.82, 2.24) is 24.2 Å². The van der Waals surface area contributed by atoms with Crippen LogP contribution in [0.25, 0.3) is 16.8 Å². The number of benzene rings is 1. The van der Waals surface area contributed by atoms with Gasteiger partial charge in [-0.3, -0.25) is 19.1 Å². The Balaban J connectivity index is 1.13. The van der Waals surface area contributed by atoms with E-state index in [4.69, 9.17) is 9.72 Å². The minimum atomic E-state index is -0.230. The number of likely N-dealkylation sites (N-methyl/N-ethyl adjacent to an activating group) is 2. The number of carbonyl (C=O) groups excluding carboxylic acids is 1. The van der Waals surface area contributed by atoms with Crippen LogP contribution in [0.2, 0.25) is 0 Å². The highest BCUT2D eigenvalue weighted by Crippen LogP contribution is 2.40. The molecule has 1 saturated carbocycles. The number of anilines is 2. The number of rotatable bonds is 6. The number of fused-ring (bicyclic) bond motifs is 2. The summed E-state index contributed by atoms with van der Waals surface area (Å²) in [6.07, 6.45) is 9.38. The molecule has 3 aromatic heterocycles. The summed E-state index contributed by atoms with van der Waals surface area (Å²) in [4.78, 5) is 30.5. The average molecular weight is 600 g/mol. The van der Waals surface area contributed by atoms with Gasteiger partial charge in [0, 0.05) is 69.6 Å². The molecule has 43 heavy (non-hydrogen) atoms. The molecule has 5 heterocycles. The van der Waals surface area contributed by atoms with Crippen LogP contribution in [0.5, 0.6) is 5.75 Å². The van der Waals surface area contributed by atoms with E-state index in [1.165, 1.54) is 49.6 Å². The van der Waals surface area contributed by atoms with Gasteiger partial charge in [0.2, 0.25) is 5.91 Å². The minimum absolute atomic E-state index is 0.0288. The van der Waals surface area contributed by atoms with Gasteiger partial charge in [0.15, 0.2) is 0 Å². The molecule has 0 radical (unpaired) electrons. The lowest BCUT2D eigenvalue weighted by Crippen LogP contribution is -2.49. The van der Waals surface area contributed by atoms with Crippen LogP contribution in [0.4, 0.5) is 10.7 Å². The van der Waals surface area contributed by atoms with E-state index >= 15 is 0 Å². The zero-order chi connectivity index (χ0) is 29.7. The van der Waals surface area contributed by atoms with Gasteiger partial charge in [-0.1, -0.05) is 6.07 Å². The van der Waals surface area contributed by atoms with E-state index in [1.54, 1.807) is 18.4 Å². The maximum atomic E-state index is 13.3. The predicted octanol–water partition coefficient (Wildman–Crippen LogP) is 5.05. The van der Waals surface area contributed by atoms with Gasteiger partial charge in [-0.05, 0) is 68.8 Å². The molecule has 3 aliphatic rings. The number of methoxy groups -OCH3 is 1. The fraction of sp³-hybridized carbons (Fsp3) is 0.485. The number of nitrogens with one attached hydrogen (secondary N) is 1. The standard InChI is InChI=1S/C33H41N7O2S/c1-21-30-29(23-7-10-26(28(20-23)42-4)35-32(41)27-19-24-11-18-43-33(24)38(27)3)36-31(40(30)13-12-34-21)22-5-8-25(9-6-22)39-16-14-37(2)15-17-39/h7,10-13,18,20,22,25,27H,5-6,8-9,14-17,19H2,1-4H3,(H,35,41)/t22-,25-,27?. The maximum Gasteiger partial charge on any atom is 0.247 e. The summed E-state index contributed by atoms with van der Waals surface area (Å²) in [6.45, 7) is 6.74. The van der Waals surface area contributed by atoms with Gasteiger partial charge < -0.3 is 19.9 Å². The third-order valence-corrected chi connectivity index (χ3v) is 10.9. The normalized spacial score (nSPS) is 23.1. The van der Waals surface area contributed by atoms with Crippen molar-refractivity contribution in [1.29, 1.82) is 0 Å². The highest BCUT2D eigenvalue weighted by Gasteiger charge is 2.34. The quantitative estimate of drug-likeness (QED) is 0.333. The summed E-state index contributed by atoms with van der Waals surface area (Å²) in [5.74, 6) is 2.14. The Bertz CT molecular complexity index is 1630. The van der Waals surface area contributed by atoms with E-state index in [0.717, 1.165) is 41.1 Å². The Hall–Kier alpha value is -3.47. The lowest BCUT2D eigenvalue weighted by molar-refractivity contribution is -0.117. The van der Waals surface area contributed by atoms with Crippen molar-refractivity contribution in [2.45, 2.75) is 57.0 Å². The largest absolute Gasteiger partial charge is 0.495 e. The molecule has 226 valence electrons. The molecule has 1 amide bonds. The fourth-order valence-electron chi connectivity index (χ4n) is 7.30. The van der Waals surface area contributed by atoms with Crippen molar-refractivity contribution in [2.24, 2.45) is 0 Å². The number of aryl methyl sites for hydroxylation is 1. The summed E-state index contributed by atoms with van der Waals surface area (Å²) < 4.78 is 8.06. The number of carbonyl (C=O) groups is 1. The second kappa shape index (κ2) is 11.6. The smallest absolute Gasteiger partial charge is 0.247 e. The highest BCUT2D eigenvalue weighted by molar-refractivity contribution is 7.14. The average Bonchev–Trinajstić information content (AvgIpc) is 3.73. The molecule has 1 atom stereocenters. The van der Waals surface area contributed by atoms with Crippen molar-refractivity contribution in [3.63, 3.8) is 0 Å². The SMILES string of the molecule is COc1cc(-c2nc([C@H]3CC[C@H](N4CCN(C)CC4)CC3)n3ccnc(C)c23)ccc1NC(=O)C1Cc2ccsc2N1C. The van der Waals surface area contributed by atoms with Crippen molar-refractivity contribution >= 4 is 33.4 Å². The molecule has 1 N–H and O–H groups in total. The number of piperazine rings is 1. The van der Waals surface area contributed by atoms with E-state index in [0.29, 0.717) is 29.8 Å². The van der Waals surface area contributed by atoms with Crippen LogP contribution < -0.4 is 15.0 Å². The number of nitrogens with zero attached hydrogens (tertiary/aromatic N) is 6. The molecule has 0 bridgehead atoms. The van der Waals surface area contributed by atoms with Crippen LogP contribution in [0, 0.1) is 6.92 Å². The minimum Gasteiger partial charge on any atom is -0.495 e. The number of hydrogen-bond donors (Lipinski definition) is 1. The summed E-state index contributed by atoms with van der Waals surface area (Å²) in [6, 6.07) is 8.53. The first kappa shape index (κ1) is 28.3. The summed E-state index contributed by atoms with van der Waals surface area (Å²) in [5.41, 5.74) is 5.76. The van der Waals surface area contributed by atoms with E-state index in [2.05, 4.69) is 61.0 Å². The van der Waals surface area contributed by atoms with Crippen molar-refractivity contribution in [3.8, 4) is 17.0 Å². The van der Waals surface area contributed by atoms with E-state index in [-0.39, 0.29) is 11.9 Å². The van der Waals surface area contributed by atoms with Gasteiger partial charge in [-0.2, -0.15) is 0 Å². The predicted molar refractivity (Wildman–Crippen MR) is 173 cm³/mol. The highest BCUT2D eigenvalue weighted by atomic mass is 32.1. The summed E-state index contributed by atoms with van der Waals surface area (Å²) in [5, 5.41) is 6.38. The van der Waals surface area contributed by atoms with Crippen LogP contribution in [0.1, 0.15) is 48.7 Å². The lowest BCUT2D eigenvalue weighted by atomic mass is 9.84. The zero-order valence-corrected chi connectivity index (χ0v) is 26.4. The van der Waals surface area contributed by atoms with Crippen LogP contribution in [-0.4, -0.2) is 89.5 Å². The summed E-state index contributed by atoms with van der Waals surface area (Å²) >= 11 is 1.68. The van der Waals surface area contributed by atoms with Gasteiger partial charge in [0.25, 0.3) is 0 Å². The fourth-order valence-corrected chi connectivity index (χ4v) is 8.26. The molecule has 0 spiro atoms. The van der Waals surface area contributed by atoms with E-state index < -0.39 is 0 Å². The van der Waals surface area contributed by atoms with Gasteiger partial charge in [-0.25, -0.2) is 4.98 Å². The Morgan fingerprint density at radius 1 is 1.07 bits per heavy atom. The second-order valence-electron chi connectivity index (χ2n) is 12.4. The topological polar surface area (TPSA) is 78.2 Å². The summed E-state index contributed by atoms with van der Waals surface area (Å²) in [7, 11) is 5.86. The maximum absolute atomic E-state index is 13.3. The molecule has 4 aromatic rings. The van der Waals surface area contributed by atoms with Crippen molar-refractivity contribution < 1.29 is 9.53 Å². The first-order valence-electron chi connectivity index (χ1n) is 15.5. The Kier molecular flexibility index (Phi) is 7.61. The molecular formula is C33H41N7O2S. The van der Waals surface area contributed by atoms with Gasteiger partial charge in [0.1, 0.15) is 17.6 Å². The number of thiophene rings is 1. The Labute approximate surface area is 257 Å². The second-order valence-corrected chi connectivity index (χ2v) is 13.3. The van der Waals surface area contributed by atoms with Gasteiger partial charge in [-0.15, -0.1) is 11.3 Å². The van der Waals surface area contributed by atoms with Crippen LogP contribution in [0.15, 0.2) is 42.0 Å². The molecule has 7 rings (SSSR count). The van der Waals surface area contributed by atoms with Crippen LogP contribution in [-0.2, 0) is 11.2 Å². The first-order valence-corrected chi connectivity index (χ1v) is 16.3. The molecular weight excluding hydrogens is 558 g/mol. The molecule has 1 saturated heterocycles. The monoisotopic (exact) mass is 599 g/mol. The molecule has 1 unspecified atom stereocenters. The van der Waals surface area contributed by atoms with E-state index in [9.17, 15) is 4.79 Å². The number of amides is 1. The van der Waals surface area contributed by atoms with Crippen molar-refractivity contribution in [2.75, 3.05) is 57.6 Å². The molecule has 1 aromatic carbocycles. The van der Waals surface area contributed by atoms with Crippen molar-refractivity contribution in [3.05, 3.63) is 59.1 Å². The number of ether oxygens (including phenoxy) is 1. The molecule has 1 aliphatic carbocycles. The Morgan fingerprint density at radius 3 is 2.60 bits per heavy atom. The number of hydrogen-bond acceptors (Lipinski definition) is 8. The van der Waals surface area contributed by atoms with Gasteiger partial charge >= 0.3 is 0 Å². The van der Waals surface area contributed by atoms with Crippen LogP contribution >= 0.6 is 11.3 Å². The molecule has 2 aliphatic heterocycles.